The number of nitrogens with zero attached hydrogens (tertiary/aromatic N) is 3. The highest BCUT2D eigenvalue weighted by Crippen LogP contribution is 2.49. The van der Waals surface area contributed by atoms with Gasteiger partial charge in [0.1, 0.15) is 17.0 Å². The summed E-state index contributed by atoms with van der Waals surface area (Å²) in [7, 11) is 0. The zero-order valence-corrected chi connectivity index (χ0v) is 26.8. The summed E-state index contributed by atoms with van der Waals surface area (Å²) in [6.45, 7) is 0. The lowest BCUT2D eigenvalue weighted by atomic mass is 9.92. The van der Waals surface area contributed by atoms with E-state index in [9.17, 15) is 0 Å². The third-order valence-electron chi connectivity index (χ3n) is 10.2. The number of para-hydroxylation sites is 4. The predicted molar refractivity (Wildman–Crippen MR) is 204 cm³/mol. The molecule has 0 atom stereocenters. The molecule has 4 nitrogen and oxygen atoms in total. The molecular weight excluding hydrogens is 611 g/mol. The van der Waals surface area contributed by atoms with Crippen LogP contribution >= 0.6 is 0 Å². The first-order valence-electron chi connectivity index (χ1n) is 16.9. The molecule has 0 fully saturated rings. The lowest BCUT2D eigenvalue weighted by Crippen LogP contribution is -2.05. The molecule has 0 saturated carbocycles. The summed E-state index contributed by atoms with van der Waals surface area (Å²) in [6, 6.07) is 57.6. The molecule has 0 bridgehead atoms. The van der Waals surface area contributed by atoms with Gasteiger partial charge >= 0.3 is 0 Å². The summed E-state index contributed by atoms with van der Waals surface area (Å²) < 4.78 is 8.81. The normalized spacial score (nSPS) is 12.0. The molecular formula is C46H27N3O. The highest BCUT2D eigenvalue weighted by molar-refractivity contribution is 6.17. The summed E-state index contributed by atoms with van der Waals surface area (Å²) in [4.78, 5) is 11.0. The summed E-state index contributed by atoms with van der Waals surface area (Å²) in [5, 5.41) is 4.64. The largest absolute Gasteiger partial charge is 0.455 e. The molecule has 1 aliphatic heterocycles. The Morgan fingerprint density at radius 1 is 0.440 bits per heavy atom. The molecule has 4 heteroatoms. The summed E-state index contributed by atoms with van der Waals surface area (Å²) in [5.74, 6) is 1.55. The number of rotatable bonds is 3. The van der Waals surface area contributed by atoms with Gasteiger partial charge in [-0.2, -0.15) is 0 Å². The van der Waals surface area contributed by atoms with Crippen molar-refractivity contribution in [3.63, 3.8) is 0 Å². The Kier molecular flexibility index (Phi) is 5.63. The fourth-order valence-corrected chi connectivity index (χ4v) is 7.98. The molecule has 3 aromatic heterocycles. The first kappa shape index (κ1) is 27.2. The quantitative estimate of drug-likeness (QED) is 0.194. The molecule has 4 heterocycles. The van der Waals surface area contributed by atoms with Gasteiger partial charge in [-0.25, -0.2) is 9.97 Å². The maximum atomic E-state index is 6.45. The molecule has 0 radical (unpaired) electrons. The van der Waals surface area contributed by atoms with Crippen LogP contribution in [0.2, 0.25) is 0 Å². The minimum atomic E-state index is 0.670. The van der Waals surface area contributed by atoms with Crippen LogP contribution in [0.15, 0.2) is 168 Å². The van der Waals surface area contributed by atoms with Crippen LogP contribution in [-0.4, -0.2) is 14.5 Å². The van der Waals surface area contributed by atoms with Crippen molar-refractivity contribution in [2.75, 3.05) is 0 Å². The van der Waals surface area contributed by atoms with Crippen molar-refractivity contribution in [2.45, 2.75) is 0 Å². The van der Waals surface area contributed by atoms with Crippen LogP contribution in [0.25, 0.3) is 106 Å². The van der Waals surface area contributed by atoms with E-state index in [4.69, 9.17) is 14.4 Å². The van der Waals surface area contributed by atoms with Crippen LogP contribution in [0.1, 0.15) is 0 Å². The van der Waals surface area contributed by atoms with Gasteiger partial charge in [0.05, 0.1) is 22.3 Å². The topological polar surface area (TPSA) is 43.9 Å². The molecule has 0 amide bonds. The Morgan fingerprint density at radius 3 is 1.98 bits per heavy atom. The van der Waals surface area contributed by atoms with E-state index in [1.807, 2.05) is 12.1 Å². The van der Waals surface area contributed by atoms with Crippen molar-refractivity contribution < 1.29 is 4.42 Å². The highest BCUT2D eigenvalue weighted by atomic mass is 16.3. The van der Waals surface area contributed by atoms with E-state index in [2.05, 4.69) is 156 Å². The molecule has 1 aliphatic rings. The van der Waals surface area contributed by atoms with Crippen LogP contribution in [0.4, 0.5) is 0 Å². The van der Waals surface area contributed by atoms with Crippen LogP contribution in [0, 0.1) is 0 Å². The maximum Gasteiger partial charge on any atom is 0.162 e. The second kappa shape index (κ2) is 10.4. The summed E-state index contributed by atoms with van der Waals surface area (Å²) in [5.41, 5.74) is 13.6. The fourth-order valence-electron chi connectivity index (χ4n) is 7.98. The third kappa shape index (κ3) is 3.81. The molecule has 0 unspecified atom stereocenters. The monoisotopic (exact) mass is 637 g/mol. The van der Waals surface area contributed by atoms with Crippen LogP contribution in [0.5, 0.6) is 0 Å². The Labute approximate surface area is 287 Å². The molecule has 11 rings (SSSR count). The number of hydrogen-bond donors (Lipinski definition) is 0. The maximum absolute atomic E-state index is 6.45. The van der Waals surface area contributed by atoms with E-state index < -0.39 is 0 Å². The smallest absolute Gasteiger partial charge is 0.162 e. The van der Waals surface area contributed by atoms with Crippen LogP contribution < -0.4 is 0 Å². The lowest BCUT2D eigenvalue weighted by Gasteiger charge is -2.18. The molecule has 0 spiro atoms. The number of hydrogen-bond acceptors (Lipinski definition) is 3. The SMILES string of the molecule is c1ccc(-c2nc(-c3cccc(-c4cccc5c4oc4ccccc45)c3)nc3c2-c2ccccc2-c2cccc4c5ccccc5n-3c24)cc1. The highest BCUT2D eigenvalue weighted by Gasteiger charge is 2.29. The van der Waals surface area contributed by atoms with Crippen LogP contribution in [-0.2, 0) is 0 Å². The van der Waals surface area contributed by atoms with E-state index >= 15 is 0 Å². The first-order valence-corrected chi connectivity index (χ1v) is 16.9. The lowest BCUT2D eigenvalue weighted by molar-refractivity contribution is 0.670. The molecule has 10 aromatic rings. The fraction of sp³-hybridized carbons (Fsp3) is 0. The number of aromatic nitrogens is 3. The number of benzene rings is 7. The van der Waals surface area contributed by atoms with Gasteiger partial charge in [0, 0.05) is 43.8 Å². The van der Waals surface area contributed by atoms with Gasteiger partial charge in [-0.05, 0) is 34.9 Å². The Bertz CT molecular complexity index is 2990. The number of furan rings is 1. The van der Waals surface area contributed by atoms with Crippen molar-refractivity contribution in [3.8, 4) is 61.8 Å². The molecule has 7 aromatic carbocycles. The molecule has 50 heavy (non-hydrogen) atoms. The van der Waals surface area contributed by atoms with E-state index in [1.165, 1.54) is 21.9 Å². The standard InChI is InChI=1S/C46H27N3O/c1-2-13-28(14-3-1)42-41-35-20-5-4-17-32(35)36-22-12-23-37-33-18-6-8-25-39(33)49(43(36)37)46(41)48-45(47-42)30-16-10-15-29(27-30)31-21-11-24-38-34-19-7-9-26-40(34)50-44(31)38/h1-27H. The first-order chi connectivity index (χ1) is 24.8. The van der Waals surface area contributed by atoms with Gasteiger partial charge in [-0.3, -0.25) is 4.57 Å². The van der Waals surface area contributed by atoms with Gasteiger partial charge in [-0.15, -0.1) is 0 Å². The molecule has 232 valence electrons. The second-order valence-electron chi connectivity index (χ2n) is 12.9. The van der Waals surface area contributed by atoms with Crippen molar-refractivity contribution in [1.29, 1.82) is 0 Å². The minimum Gasteiger partial charge on any atom is -0.455 e. The van der Waals surface area contributed by atoms with Gasteiger partial charge < -0.3 is 4.42 Å². The van der Waals surface area contributed by atoms with E-state index in [0.29, 0.717) is 5.82 Å². The van der Waals surface area contributed by atoms with Gasteiger partial charge in [0.15, 0.2) is 5.82 Å². The number of fused-ring (bicyclic) bond motifs is 11. The summed E-state index contributed by atoms with van der Waals surface area (Å²) in [6.07, 6.45) is 0. The van der Waals surface area contributed by atoms with Gasteiger partial charge in [-0.1, -0.05) is 146 Å². The zero-order valence-electron chi connectivity index (χ0n) is 26.8. The van der Waals surface area contributed by atoms with Gasteiger partial charge in [0.2, 0.25) is 0 Å². The van der Waals surface area contributed by atoms with Crippen molar-refractivity contribution in [3.05, 3.63) is 164 Å². The second-order valence-corrected chi connectivity index (χ2v) is 12.9. The average Bonchev–Trinajstić information content (AvgIpc) is 3.70. The van der Waals surface area contributed by atoms with Gasteiger partial charge in [0.25, 0.3) is 0 Å². The van der Waals surface area contributed by atoms with E-state index in [0.717, 1.165) is 77.9 Å². The van der Waals surface area contributed by atoms with Crippen molar-refractivity contribution >= 4 is 43.7 Å². The van der Waals surface area contributed by atoms with Crippen LogP contribution in [0.3, 0.4) is 0 Å². The van der Waals surface area contributed by atoms with E-state index in [1.54, 1.807) is 0 Å². The van der Waals surface area contributed by atoms with E-state index in [-0.39, 0.29) is 0 Å². The Morgan fingerprint density at radius 2 is 1.08 bits per heavy atom. The Balaban J connectivity index is 1.23. The average molecular weight is 638 g/mol. The molecule has 0 aliphatic carbocycles. The Hall–Kier alpha value is -6.78. The predicted octanol–water partition coefficient (Wildman–Crippen LogP) is 12.1. The molecule has 0 saturated heterocycles. The van der Waals surface area contributed by atoms with Crippen molar-refractivity contribution in [2.24, 2.45) is 0 Å². The zero-order chi connectivity index (χ0) is 32.8. The van der Waals surface area contributed by atoms with Crippen molar-refractivity contribution in [1.82, 2.24) is 14.5 Å². The summed E-state index contributed by atoms with van der Waals surface area (Å²) >= 11 is 0. The third-order valence-corrected chi connectivity index (χ3v) is 10.2. The molecule has 0 N–H and O–H groups in total. The minimum absolute atomic E-state index is 0.670.